The van der Waals surface area contributed by atoms with Gasteiger partial charge < -0.3 is 15.2 Å². The maximum absolute atomic E-state index is 9.05. The topological polar surface area (TPSA) is 41.5 Å². The number of aliphatic hydroxyl groups excluding tert-OH is 1. The van der Waals surface area contributed by atoms with Gasteiger partial charge in [0.15, 0.2) is 0 Å². The first-order chi connectivity index (χ1) is 7.11. The average Bonchev–Trinajstić information content (AvgIpc) is 2.71. The maximum Gasteiger partial charge on any atom is 0.0509 e. The molecule has 0 aliphatic carbocycles. The number of hydrogen-bond donors (Lipinski definition) is 2. The van der Waals surface area contributed by atoms with Crippen molar-refractivity contribution in [3.8, 4) is 0 Å². The molecule has 90 valence electrons. The van der Waals surface area contributed by atoms with E-state index in [0.717, 1.165) is 32.5 Å². The molecule has 3 unspecified atom stereocenters. The van der Waals surface area contributed by atoms with Crippen molar-refractivity contribution in [1.29, 1.82) is 0 Å². The van der Waals surface area contributed by atoms with Crippen LogP contribution >= 0.6 is 0 Å². The number of rotatable bonds is 6. The first-order valence-corrected chi connectivity index (χ1v) is 6.07. The van der Waals surface area contributed by atoms with Crippen molar-refractivity contribution in [2.75, 3.05) is 19.8 Å². The van der Waals surface area contributed by atoms with Crippen molar-refractivity contribution < 1.29 is 9.84 Å². The van der Waals surface area contributed by atoms with Crippen LogP contribution in [0.4, 0.5) is 0 Å². The van der Waals surface area contributed by atoms with E-state index in [-0.39, 0.29) is 12.1 Å². The van der Waals surface area contributed by atoms with Gasteiger partial charge in [0.1, 0.15) is 0 Å². The summed E-state index contributed by atoms with van der Waals surface area (Å²) in [5, 5.41) is 12.7. The number of aliphatic hydroxyl groups is 1. The molecule has 1 aliphatic rings. The van der Waals surface area contributed by atoms with Crippen LogP contribution in [0.5, 0.6) is 0 Å². The van der Waals surface area contributed by atoms with Crippen LogP contribution in [0.25, 0.3) is 0 Å². The Balaban J connectivity index is 2.42. The smallest absolute Gasteiger partial charge is 0.0509 e. The Morgan fingerprint density at radius 3 is 2.80 bits per heavy atom. The van der Waals surface area contributed by atoms with Gasteiger partial charge in [0, 0.05) is 24.8 Å². The van der Waals surface area contributed by atoms with Crippen molar-refractivity contribution >= 4 is 0 Å². The van der Waals surface area contributed by atoms with Crippen molar-refractivity contribution in [3.05, 3.63) is 0 Å². The van der Waals surface area contributed by atoms with Crippen molar-refractivity contribution in [2.45, 2.75) is 51.6 Å². The highest BCUT2D eigenvalue weighted by molar-refractivity contribution is 4.87. The molecule has 0 bridgehead atoms. The monoisotopic (exact) mass is 215 g/mol. The molecule has 0 aromatic rings. The molecular formula is C12H25NO2. The minimum Gasteiger partial charge on any atom is -0.396 e. The Morgan fingerprint density at radius 1 is 1.60 bits per heavy atom. The van der Waals surface area contributed by atoms with E-state index in [1.165, 1.54) is 0 Å². The molecule has 0 spiro atoms. The number of nitrogens with one attached hydrogen (secondary N) is 1. The Morgan fingerprint density at radius 2 is 2.33 bits per heavy atom. The highest BCUT2D eigenvalue weighted by atomic mass is 16.5. The Bertz CT molecular complexity index is 180. The van der Waals surface area contributed by atoms with Crippen LogP contribution in [-0.4, -0.2) is 36.5 Å². The molecule has 0 aromatic heterocycles. The quantitative estimate of drug-likeness (QED) is 0.706. The third-order valence-electron chi connectivity index (χ3n) is 3.69. The second kappa shape index (κ2) is 5.83. The first-order valence-electron chi connectivity index (χ1n) is 6.07. The summed E-state index contributed by atoms with van der Waals surface area (Å²) >= 11 is 0. The van der Waals surface area contributed by atoms with Crippen LogP contribution in [0.15, 0.2) is 0 Å². The highest BCUT2D eigenvalue weighted by Crippen LogP contribution is 2.21. The first kappa shape index (κ1) is 12.9. The van der Waals surface area contributed by atoms with Crippen molar-refractivity contribution in [2.24, 2.45) is 5.92 Å². The summed E-state index contributed by atoms with van der Waals surface area (Å²) in [6.45, 7) is 8.62. The van der Waals surface area contributed by atoms with E-state index < -0.39 is 0 Å². The van der Waals surface area contributed by atoms with Crippen LogP contribution in [0.1, 0.15) is 40.0 Å². The van der Waals surface area contributed by atoms with E-state index in [2.05, 4.69) is 26.1 Å². The molecule has 1 aliphatic heterocycles. The van der Waals surface area contributed by atoms with Crippen LogP contribution in [-0.2, 0) is 4.74 Å². The van der Waals surface area contributed by atoms with E-state index in [1.54, 1.807) is 0 Å². The van der Waals surface area contributed by atoms with Crippen LogP contribution in [0.3, 0.4) is 0 Å². The van der Waals surface area contributed by atoms with Crippen molar-refractivity contribution in [3.63, 3.8) is 0 Å². The van der Waals surface area contributed by atoms with Gasteiger partial charge in [-0.3, -0.25) is 0 Å². The minimum absolute atomic E-state index is 0.0662. The van der Waals surface area contributed by atoms with E-state index in [1.807, 2.05) is 0 Å². The lowest BCUT2D eigenvalue weighted by molar-refractivity contribution is 0.160. The standard InChI is InChI=1S/C12H25NO2/c1-4-12(3,6-7-14)13-10(2)11-5-8-15-9-11/h10-11,13-14H,4-9H2,1-3H3. The average molecular weight is 215 g/mol. The molecule has 2 N–H and O–H groups in total. The van der Waals surface area contributed by atoms with Crippen LogP contribution in [0.2, 0.25) is 0 Å². The molecular weight excluding hydrogens is 190 g/mol. The molecule has 3 heteroatoms. The van der Waals surface area contributed by atoms with Crippen LogP contribution in [0, 0.1) is 5.92 Å². The number of ether oxygens (including phenoxy) is 1. The lowest BCUT2D eigenvalue weighted by Crippen LogP contribution is -2.50. The fraction of sp³-hybridized carbons (Fsp3) is 1.00. The minimum atomic E-state index is 0.0662. The summed E-state index contributed by atoms with van der Waals surface area (Å²) in [7, 11) is 0. The third kappa shape index (κ3) is 3.74. The van der Waals surface area contributed by atoms with Gasteiger partial charge in [-0.05, 0) is 39.0 Å². The van der Waals surface area contributed by atoms with Gasteiger partial charge in [0.2, 0.25) is 0 Å². The van der Waals surface area contributed by atoms with Crippen molar-refractivity contribution in [1.82, 2.24) is 5.32 Å². The lowest BCUT2D eigenvalue weighted by Gasteiger charge is -2.34. The molecule has 0 amide bonds. The molecule has 0 aromatic carbocycles. The zero-order valence-corrected chi connectivity index (χ0v) is 10.3. The SMILES string of the molecule is CCC(C)(CCO)NC(C)C1CCOC1. The summed E-state index contributed by atoms with van der Waals surface area (Å²) in [5.41, 5.74) is 0.0662. The second-order valence-electron chi connectivity index (χ2n) is 4.94. The predicted molar refractivity (Wildman–Crippen MR) is 61.9 cm³/mol. The van der Waals surface area contributed by atoms with Gasteiger partial charge in [0.25, 0.3) is 0 Å². The summed E-state index contributed by atoms with van der Waals surface area (Å²) in [5.74, 6) is 0.634. The Hall–Kier alpha value is -0.120. The molecule has 3 atom stereocenters. The molecule has 1 fully saturated rings. The van der Waals surface area contributed by atoms with E-state index >= 15 is 0 Å². The summed E-state index contributed by atoms with van der Waals surface area (Å²) < 4.78 is 5.40. The van der Waals surface area contributed by atoms with E-state index in [0.29, 0.717) is 12.0 Å². The fourth-order valence-corrected chi connectivity index (χ4v) is 2.21. The Kier molecular flexibility index (Phi) is 5.03. The zero-order valence-electron chi connectivity index (χ0n) is 10.3. The fourth-order valence-electron chi connectivity index (χ4n) is 2.21. The molecule has 0 radical (unpaired) electrons. The molecule has 15 heavy (non-hydrogen) atoms. The lowest BCUT2D eigenvalue weighted by atomic mass is 9.91. The summed E-state index contributed by atoms with van der Waals surface area (Å²) in [6.07, 6.45) is 3.03. The van der Waals surface area contributed by atoms with E-state index in [4.69, 9.17) is 9.84 Å². The molecule has 0 saturated carbocycles. The van der Waals surface area contributed by atoms with Gasteiger partial charge >= 0.3 is 0 Å². The third-order valence-corrected chi connectivity index (χ3v) is 3.69. The van der Waals surface area contributed by atoms with Gasteiger partial charge in [-0.1, -0.05) is 6.92 Å². The number of hydrogen-bond acceptors (Lipinski definition) is 3. The summed E-state index contributed by atoms with van der Waals surface area (Å²) in [4.78, 5) is 0. The largest absolute Gasteiger partial charge is 0.396 e. The van der Waals surface area contributed by atoms with Gasteiger partial charge in [0.05, 0.1) is 6.61 Å². The molecule has 1 heterocycles. The maximum atomic E-state index is 9.05. The normalized spacial score (nSPS) is 27.6. The second-order valence-corrected chi connectivity index (χ2v) is 4.94. The van der Waals surface area contributed by atoms with E-state index in [9.17, 15) is 0 Å². The Labute approximate surface area is 93.2 Å². The van der Waals surface area contributed by atoms with Gasteiger partial charge in [-0.2, -0.15) is 0 Å². The zero-order chi connectivity index (χ0) is 11.3. The highest BCUT2D eigenvalue weighted by Gasteiger charge is 2.28. The predicted octanol–water partition coefficient (Wildman–Crippen LogP) is 1.55. The van der Waals surface area contributed by atoms with Crippen LogP contribution < -0.4 is 5.32 Å². The molecule has 3 nitrogen and oxygen atoms in total. The molecule has 1 saturated heterocycles. The van der Waals surface area contributed by atoms with Gasteiger partial charge in [-0.15, -0.1) is 0 Å². The summed E-state index contributed by atoms with van der Waals surface area (Å²) in [6, 6.07) is 0.476. The van der Waals surface area contributed by atoms with Gasteiger partial charge in [-0.25, -0.2) is 0 Å². The molecule has 1 rings (SSSR count).